The highest BCUT2D eigenvalue weighted by atomic mass is 16.5. The van der Waals surface area contributed by atoms with Gasteiger partial charge in [0.25, 0.3) is 0 Å². The van der Waals surface area contributed by atoms with Gasteiger partial charge in [-0.05, 0) is 12.8 Å². The SMILES string of the molecule is COCCC(C=O)CCOC. The molecule has 0 rings (SSSR count). The minimum absolute atomic E-state index is 0.0925. The first-order chi connectivity index (χ1) is 5.35. The molecule has 0 aromatic carbocycles. The molecule has 0 saturated carbocycles. The number of carbonyl (C=O) groups excluding carboxylic acids is 1. The predicted molar refractivity (Wildman–Crippen MR) is 42.5 cm³/mol. The van der Waals surface area contributed by atoms with Crippen LogP contribution in [0.15, 0.2) is 0 Å². The lowest BCUT2D eigenvalue weighted by molar-refractivity contribution is -0.112. The largest absolute Gasteiger partial charge is 0.385 e. The third-order valence-electron chi connectivity index (χ3n) is 1.58. The number of hydrogen-bond acceptors (Lipinski definition) is 3. The molecule has 3 heteroatoms. The Morgan fingerprint density at radius 2 is 1.64 bits per heavy atom. The van der Waals surface area contributed by atoms with E-state index in [0.29, 0.717) is 13.2 Å². The molecule has 0 unspecified atom stereocenters. The molecule has 0 radical (unpaired) electrons. The van der Waals surface area contributed by atoms with Crippen molar-refractivity contribution >= 4 is 6.29 Å². The van der Waals surface area contributed by atoms with Crippen LogP contribution in [-0.2, 0) is 14.3 Å². The van der Waals surface area contributed by atoms with Crippen LogP contribution in [0.1, 0.15) is 12.8 Å². The van der Waals surface area contributed by atoms with E-state index in [0.717, 1.165) is 19.1 Å². The number of ether oxygens (including phenoxy) is 2. The van der Waals surface area contributed by atoms with Crippen molar-refractivity contribution in [2.24, 2.45) is 5.92 Å². The summed E-state index contributed by atoms with van der Waals surface area (Å²) in [5, 5.41) is 0. The van der Waals surface area contributed by atoms with Crippen LogP contribution in [0.4, 0.5) is 0 Å². The smallest absolute Gasteiger partial charge is 0.123 e. The van der Waals surface area contributed by atoms with Crippen LogP contribution in [0, 0.1) is 5.92 Å². The van der Waals surface area contributed by atoms with Gasteiger partial charge in [0, 0.05) is 33.4 Å². The molecular formula is C8H16O3. The van der Waals surface area contributed by atoms with Gasteiger partial charge in [-0.25, -0.2) is 0 Å². The Bertz CT molecular complexity index is 85.3. The van der Waals surface area contributed by atoms with Crippen LogP contribution in [0.5, 0.6) is 0 Å². The van der Waals surface area contributed by atoms with Crippen molar-refractivity contribution in [2.45, 2.75) is 12.8 Å². The van der Waals surface area contributed by atoms with Crippen molar-refractivity contribution in [2.75, 3.05) is 27.4 Å². The van der Waals surface area contributed by atoms with Crippen molar-refractivity contribution in [3.05, 3.63) is 0 Å². The minimum Gasteiger partial charge on any atom is -0.385 e. The van der Waals surface area contributed by atoms with Crippen LogP contribution in [0.3, 0.4) is 0 Å². The Balaban J connectivity index is 3.33. The predicted octanol–water partition coefficient (Wildman–Crippen LogP) is 0.875. The van der Waals surface area contributed by atoms with E-state index in [1.807, 2.05) is 0 Å². The molecule has 0 aliphatic rings. The Kier molecular flexibility index (Phi) is 7.41. The lowest BCUT2D eigenvalue weighted by Crippen LogP contribution is -2.08. The molecule has 0 heterocycles. The highest BCUT2D eigenvalue weighted by molar-refractivity contribution is 5.53. The number of aldehydes is 1. The summed E-state index contributed by atoms with van der Waals surface area (Å²) < 4.78 is 9.71. The van der Waals surface area contributed by atoms with Gasteiger partial charge in [-0.15, -0.1) is 0 Å². The van der Waals surface area contributed by atoms with E-state index in [4.69, 9.17) is 9.47 Å². The fourth-order valence-electron chi connectivity index (χ4n) is 0.819. The molecule has 0 atom stereocenters. The molecule has 0 bridgehead atoms. The second-order valence-corrected chi connectivity index (χ2v) is 2.46. The van der Waals surface area contributed by atoms with Gasteiger partial charge in [0.05, 0.1) is 0 Å². The van der Waals surface area contributed by atoms with E-state index in [9.17, 15) is 4.79 Å². The van der Waals surface area contributed by atoms with E-state index >= 15 is 0 Å². The van der Waals surface area contributed by atoms with E-state index < -0.39 is 0 Å². The second-order valence-electron chi connectivity index (χ2n) is 2.46. The first-order valence-electron chi connectivity index (χ1n) is 3.78. The Hall–Kier alpha value is -0.410. The number of carbonyl (C=O) groups is 1. The fourth-order valence-corrected chi connectivity index (χ4v) is 0.819. The maximum atomic E-state index is 10.4. The van der Waals surface area contributed by atoms with Crippen LogP contribution in [-0.4, -0.2) is 33.7 Å². The molecule has 66 valence electrons. The van der Waals surface area contributed by atoms with Crippen molar-refractivity contribution in [3.63, 3.8) is 0 Å². The molecule has 0 N–H and O–H groups in total. The zero-order chi connectivity index (χ0) is 8.53. The summed E-state index contributed by atoms with van der Waals surface area (Å²) in [4.78, 5) is 10.4. The summed E-state index contributed by atoms with van der Waals surface area (Å²) in [5.74, 6) is 0.0925. The third-order valence-corrected chi connectivity index (χ3v) is 1.58. The molecule has 0 spiro atoms. The summed E-state index contributed by atoms with van der Waals surface area (Å²) in [5.41, 5.74) is 0. The van der Waals surface area contributed by atoms with E-state index in [2.05, 4.69) is 0 Å². The highest BCUT2D eigenvalue weighted by Crippen LogP contribution is 2.04. The molecule has 0 saturated heterocycles. The average Bonchev–Trinajstić information content (AvgIpc) is 2.05. The van der Waals surface area contributed by atoms with Crippen LogP contribution in [0.2, 0.25) is 0 Å². The summed E-state index contributed by atoms with van der Waals surface area (Å²) >= 11 is 0. The lowest BCUT2D eigenvalue weighted by atomic mass is 10.1. The fraction of sp³-hybridized carbons (Fsp3) is 0.875. The summed E-state index contributed by atoms with van der Waals surface area (Å²) in [6.07, 6.45) is 2.56. The van der Waals surface area contributed by atoms with Gasteiger partial charge in [0.2, 0.25) is 0 Å². The standard InChI is InChI=1S/C8H16O3/c1-10-5-3-8(7-9)4-6-11-2/h7-8H,3-6H2,1-2H3. The van der Waals surface area contributed by atoms with Gasteiger partial charge in [-0.3, -0.25) is 0 Å². The Morgan fingerprint density at radius 1 is 1.18 bits per heavy atom. The molecule has 0 aliphatic carbocycles. The zero-order valence-electron chi connectivity index (χ0n) is 7.21. The van der Waals surface area contributed by atoms with Gasteiger partial charge in [0.1, 0.15) is 6.29 Å². The molecule has 3 nitrogen and oxygen atoms in total. The van der Waals surface area contributed by atoms with Crippen molar-refractivity contribution < 1.29 is 14.3 Å². The maximum Gasteiger partial charge on any atom is 0.123 e. The minimum atomic E-state index is 0.0925. The number of rotatable bonds is 7. The Labute approximate surface area is 67.7 Å². The summed E-state index contributed by atoms with van der Waals surface area (Å²) in [7, 11) is 3.27. The van der Waals surface area contributed by atoms with Gasteiger partial charge < -0.3 is 14.3 Å². The third kappa shape index (κ3) is 6.01. The molecule has 0 aliphatic heterocycles. The molecule has 0 aromatic rings. The van der Waals surface area contributed by atoms with Crippen molar-refractivity contribution in [3.8, 4) is 0 Å². The highest BCUT2D eigenvalue weighted by Gasteiger charge is 2.05. The van der Waals surface area contributed by atoms with E-state index in [-0.39, 0.29) is 5.92 Å². The van der Waals surface area contributed by atoms with E-state index in [1.165, 1.54) is 0 Å². The maximum absolute atomic E-state index is 10.4. The zero-order valence-corrected chi connectivity index (χ0v) is 7.21. The first kappa shape index (κ1) is 10.6. The molecule has 0 amide bonds. The summed E-state index contributed by atoms with van der Waals surface area (Å²) in [6, 6.07) is 0. The second kappa shape index (κ2) is 7.69. The average molecular weight is 160 g/mol. The van der Waals surface area contributed by atoms with Crippen molar-refractivity contribution in [1.29, 1.82) is 0 Å². The van der Waals surface area contributed by atoms with Gasteiger partial charge >= 0.3 is 0 Å². The van der Waals surface area contributed by atoms with Crippen LogP contribution < -0.4 is 0 Å². The first-order valence-corrected chi connectivity index (χ1v) is 3.78. The van der Waals surface area contributed by atoms with Crippen molar-refractivity contribution in [1.82, 2.24) is 0 Å². The topological polar surface area (TPSA) is 35.5 Å². The van der Waals surface area contributed by atoms with Gasteiger partial charge in [0.15, 0.2) is 0 Å². The molecule has 0 fully saturated rings. The molecular weight excluding hydrogens is 144 g/mol. The normalized spacial score (nSPS) is 10.5. The lowest BCUT2D eigenvalue weighted by Gasteiger charge is -2.07. The van der Waals surface area contributed by atoms with Crippen LogP contribution in [0.25, 0.3) is 0 Å². The number of hydrogen-bond donors (Lipinski definition) is 0. The van der Waals surface area contributed by atoms with Gasteiger partial charge in [-0.1, -0.05) is 0 Å². The van der Waals surface area contributed by atoms with Gasteiger partial charge in [-0.2, -0.15) is 0 Å². The summed E-state index contributed by atoms with van der Waals surface area (Å²) in [6.45, 7) is 1.29. The number of methoxy groups -OCH3 is 2. The molecule has 11 heavy (non-hydrogen) atoms. The quantitative estimate of drug-likeness (QED) is 0.518. The van der Waals surface area contributed by atoms with E-state index in [1.54, 1.807) is 14.2 Å². The van der Waals surface area contributed by atoms with Crippen LogP contribution >= 0.6 is 0 Å². The molecule has 0 aromatic heterocycles. The monoisotopic (exact) mass is 160 g/mol. The Morgan fingerprint density at radius 3 is 1.91 bits per heavy atom.